The van der Waals surface area contributed by atoms with Crippen LogP contribution in [0.1, 0.15) is 32.6 Å². The van der Waals surface area contributed by atoms with Crippen molar-refractivity contribution in [2.45, 2.75) is 41.7 Å². The van der Waals surface area contributed by atoms with Gasteiger partial charge in [-0.15, -0.1) is 11.3 Å². The Labute approximate surface area is 194 Å². The first-order valence-corrected chi connectivity index (χ1v) is 14.3. The molecule has 0 atom stereocenters. The standard InChI is InChI=1S/C21H29N3O5S3/c1-17-11-14-24(15-12-17)31(26,27)19-9-7-18(8-10-19)22-20(25)5-3-13-23(2)32(28,29)21-6-4-16-30-21/h4,6-10,16-17H,3,5,11-15H2,1-2H3,(H,22,25). The Morgan fingerprint density at radius 1 is 1.12 bits per heavy atom. The van der Waals surface area contributed by atoms with Crippen LogP contribution in [0, 0.1) is 5.92 Å². The number of carbonyl (C=O) groups is 1. The van der Waals surface area contributed by atoms with E-state index in [2.05, 4.69) is 12.2 Å². The summed E-state index contributed by atoms with van der Waals surface area (Å²) in [6, 6.07) is 9.39. The molecule has 3 rings (SSSR count). The van der Waals surface area contributed by atoms with Gasteiger partial charge in [-0.2, -0.15) is 4.31 Å². The zero-order valence-corrected chi connectivity index (χ0v) is 20.7. The third kappa shape index (κ3) is 5.96. The maximum absolute atomic E-state index is 12.8. The van der Waals surface area contributed by atoms with Crippen molar-refractivity contribution in [3.05, 3.63) is 41.8 Å². The first-order valence-electron chi connectivity index (χ1n) is 10.5. The number of nitrogens with zero attached hydrogens (tertiary/aromatic N) is 2. The summed E-state index contributed by atoms with van der Waals surface area (Å²) in [6.45, 7) is 3.40. The number of rotatable bonds is 9. The van der Waals surface area contributed by atoms with Crippen molar-refractivity contribution >= 4 is 43.0 Å². The minimum atomic E-state index is -3.53. The molecule has 8 nitrogen and oxygen atoms in total. The molecule has 0 spiro atoms. The molecule has 11 heteroatoms. The average Bonchev–Trinajstić information content (AvgIpc) is 3.30. The number of carbonyl (C=O) groups excluding carboxylic acids is 1. The molecule has 0 aliphatic carbocycles. The Bertz CT molecular complexity index is 1110. The number of piperidine rings is 1. The van der Waals surface area contributed by atoms with Crippen molar-refractivity contribution in [1.29, 1.82) is 0 Å². The van der Waals surface area contributed by atoms with Gasteiger partial charge in [0.25, 0.3) is 10.0 Å². The summed E-state index contributed by atoms with van der Waals surface area (Å²) in [7, 11) is -5.56. The third-order valence-corrected chi connectivity index (χ3v) is 10.7. The quantitative estimate of drug-likeness (QED) is 0.571. The molecule has 1 N–H and O–H groups in total. The van der Waals surface area contributed by atoms with Crippen LogP contribution in [0.2, 0.25) is 0 Å². The van der Waals surface area contributed by atoms with Crippen molar-refractivity contribution < 1.29 is 21.6 Å². The van der Waals surface area contributed by atoms with Gasteiger partial charge >= 0.3 is 0 Å². The maximum atomic E-state index is 12.8. The zero-order chi connectivity index (χ0) is 23.4. The molecule has 1 aliphatic heterocycles. The third-order valence-electron chi connectivity index (χ3n) is 5.55. The molecular weight excluding hydrogens is 470 g/mol. The fraction of sp³-hybridized carbons (Fsp3) is 0.476. The van der Waals surface area contributed by atoms with Gasteiger partial charge in [-0.05, 0) is 60.9 Å². The molecule has 1 fully saturated rings. The van der Waals surface area contributed by atoms with Crippen LogP contribution in [0.15, 0.2) is 50.9 Å². The van der Waals surface area contributed by atoms with Crippen molar-refractivity contribution in [2.75, 3.05) is 32.0 Å². The number of amides is 1. The Morgan fingerprint density at radius 3 is 2.38 bits per heavy atom. The molecular formula is C21H29N3O5S3. The van der Waals surface area contributed by atoms with Crippen LogP contribution in [0.3, 0.4) is 0 Å². The van der Waals surface area contributed by atoms with Gasteiger partial charge in [0.15, 0.2) is 0 Å². The highest BCUT2D eigenvalue weighted by Gasteiger charge is 2.28. The molecule has 2 aromatic rings. The van der Waals surface area contributed by atoms with E-state index in [-0.39, 0.29) is 28.0 Å². The van der Waals surface area contributed by atoms with E-state index >= 15 is 0 Å². The van der Waals surface area contributed by atoms with E-state index in [0.717, 1.165) is 24.2 Å². The predicted octanol–water partition coefficient (Wildman–Crippen LogP) is 3.21. The van der Waals surface area contributed by atoms with Crippen molar-refractivity contribution in [3.63, 3.8) is 0 Å². The summed E-state index contributed by atoms with van der Waals surface area (Å²) >= 11 is 1.16. The fourth-order valence-electron chi connectivity index (χ4n) is 3.45. The lowest BCUT2D eigenvalue weighted by Gasteiger charge is -2.29. The van der Waals surface area contributed by atoms with Crippen molar-refractivity contribution in [1.82, 2.24) is 8.61 Å². The van der Waals surface area contributed by atoms with Crippen LogP contribution in [0.25, 0.3) is 0 Å². The first kappa shape index (κ1) is 24.8. The highest BCUT2D eigenvalue weighted by atomic mass is 32.2. The van der Waals surface area contributed by atoms with E-state index in [1.165, 1.54) is 27.8 Å². The van der Waals surface area contributed by atoms with Gasteiger partial charge in [0.1, 0.15) is 4.21 Å². The average molecular weight is 500 g/mol. The maximum Gasteiger partial charge on any atom is 0.252 e. The second-order valence-electron chi connectivity index (χ2n) is 8.02. The summed E-state index contributed by atoms with van der Waals surface area (Å²) in [5.74, 6) is 0.280. The summed E-state index contributed by atoms with van der Waals surface area (Å²) in [6.07, 6.45) is 2.23. The molecule has 176 valence electrons. The summed E-state index contributed by atoms with van der Waals surface area (Å²) in [4.78, 5) is 12.4. The number of sulfonamides is 2. The number of nitrogens with one attached hydrogen (secondary N) is 1. The molecule has 1 saturated heterocycles. The van der Waals surface area contributed by atoms with Gasteiger partial charge in [0.05, 0.1) is 4.90 Å². The molecule has 1 aromatic carbocycles. The second-order valence-corrected chi connectivity index (χ2v) is 13.2. The highest BCUT2D eigenvalue weighted by molar-refractivity contribution is 7.91. The number of hydrogen-bond acceptors (Lipinski definition) is 6. The Kier molecular flexibility index (Phi) is 8.10. The van der Waals surface area contributed by atoms with E-state index in [9.17, 15) is 21.6 Å². The van der Waals surface area contributed by atoms with Crippen molar-refractivity contribution in [3.8, 4) is 0 Å². The van der Waals surface area contributed by atoms with E-state index in [4.69, 9.17) is 0 Å². The number of benzene rings is 1. The smallest absolute Gasteiger partial charge is 0.252 e. The lowest BCUT2D eigenvalue weighted by atomic mass is 10.0. The van der Waals surface area contributed by atoms with E-state index in [1.807, 2.05) is 0 Å². The van der Waals surface area contributed by atoms with Gasteiger partial charge in [-0.3, -0.25) is 4.79 Å². The van der Waals surface area contributed by atoms with Gasteiger partial charge in [0, 0.05) is 38.8 Å². The topological polar surface area (TPSA) is 104 Å². The molecule has 32 heavy (non-hydrogen) atoms. The Balaban J connectivity index is 1.49. The lowest BCUT2D eigenvalue weighted by molar-refractivity contribution is -0.116. The lowest BCUT2D eigenvalue weighted by Crippen LogP contribution is -2.37. The first-order chi connectivity index (χ1) is 15.1. The number of thiophene rings is 1. The molecule has 2 heterocycles. The number of hydrogen-bond donors (Lipinski definition) is 1. The summed E-state index contributed by atoms with van der Waals surface area (Å²) < 4.78 is 53.4. The SMILES string of the molecule is CC1CCN(S(=O)(=O)c2ccc(NC(=O)CCCN(C)S(=O)(=O)c3cccs3)cc2)CC1. The van der Waals surface area contributed by atoms with Crippen LogP contribution in [-0.4, -0.2) is 58.0 Å². The largest absolute Gasteiger partial charge is 0.326 e. The molecule has 0 unspecified atom stereocenters. The Hall–Kier alpha value is -1.79. The minimum absolute atomic E-state index is 0.149. The van der Waals surface area contributed by atoms with Gasteiger partial charge in [-0.25, -0.2) is 21.1 Å². The van der Waals surface area contributed by atoms with Crippen LogP contribution < -0.4 is 5.32 Å². The molecule has 1 amide bonds. The molecule has 0 saturated carbocycles. The van der Waals surface area contributed by atoms with Crippen LogP contribution in [0.5, 0.6) is 0 Å². The van der Waals surface area contributed by atoms with E-state index in [1.54, 1.807) is 29.6 Å². The van der Waals surface area contributed by atoms with Crippen LogP contribution in [0.4, 0.5) is 5.69 Å². The minimum Gasteiger partial charge on any atom is -0.326 e. The Morgan fingerprint density at radius 2 is 1.78 bits per heavy atom. The molecule has 0 bridgehead atoms. The highest BCUT2D eigenvalue weighted by Crippen LogP contribution is 2.24. The molecule has 1 aromatic heterocycles. The molecule has 1 aliphatic rings. The normalized spacial score (nSPS) is 16.3. The van der Waals surface area contributed by atoms with Crippen LogP contribution >= 0.6 is 11.3 Å². The number of anilines is 1. The summed E-state index contributed by atoms with van der Waals surface area (Å²) in [5.41, 5.74) is 0.501. The second kappa shape index (κ2) is 10.4. The van der Waals surface area contributed by atoms with Crippen molar-refractivity contribution in [2.24, 2.45) is 5.92 Å². The summed E-state index contributed by atoms with van der Waals surface area (Å²) in [5, 5.41) is 4.44. The van der Waals surface area contributed by atoms with Gasteiger partial charge in [0.2, 0.25) is 15.9 Å². The van der Waals surface area contributed by atoms with E-state index in [0.29, 0.717) is 31.1 Å². The predicted molar refractivity (Wildman–Crippen MR) is 126 cm³/mol. The van der Waals surface area contributed by atoms with Gasteiger partial charge < -0.3 is 5.32 Å². The van der Waals surface area contributed by atoms with E-state index < -0.39 is 20.0 Å². The fourth-order valence-corrected chi connectivity index (χ4v) is 7.33. The monoisotopic (exact) mass is 499 g/mol. The zero-order valence-electron chi connectivity index (χ0n) is 18.2. The molecule has 0 radical (unpaired) electrons. The van der Waals surface area contributed by atoms with Crippen LogP contribution in [-0.2, 0) is 24.8 Å². The van der Waals surface area contributed by atoms with Gasteiger partial charge in [-0.1, -0.05) is 13.0 Å².